The van der Waals surface area contributed by atoms with Gasteiger partial charge in [-0.1, -0.05) is 285 Å². The number of carbonyl (C=O) groups excluding carboxylic acids is 3. The van der Waals surface area contributed by atoms with Crippen LogP contribution in [-0.2, 0) is 28.6 Å². The smallest absolute Gasteiger partial charge is 0.306 e. The summed E-state index contributed by atoms with van der Waals surface area (Å²) in [6.07, 6.45) is 53.8. The van der Waals surface area contributed by atoms with E-state index in [1.165, 1.54) is 212 Å². The molecule has 0 aromatic rings. The normalized spacial score (nSPS) is 12.0. The molecule has 64 heavy (non-hydrogen) atoms. The van der Waals surface area contributed by atoms with Crippen LogP contribution in [0.1, 0.15) is 324 Å². The molecule has 0 aromatic heterocycles. The largest absolute Gasteiger partial charge is 0.462 e. The molecule has 0 aromatic carbocycles. The molecular formula is C58H112O6. The number of hydrogen-bond donors (Lipinski definition) is 0. The van der Waals surface area contributed by atoms with Gasteiger partial charge in [-0.2, -0.15) is 0 Å². The first-order valence-corrected chi connectivity index (χ1v) is 28.7. The minimum absolute atomic E-state index is 0.0631. The standard InChI is InChI=1S/C58H112O6/c1-6-7-8-9-10-11-12-13-14-15-16-17-20-23-28-33-38-43-48-56(59)62-51-55(64-58(61)50-45-40-35-30-25-27-32-37-42-47-54(4)5)52-63-57(60)49-44-39-34-29-24-21-18-19-22-26-31-36-41-46-53(2)3/h53-55H,6-52H2,1-5H3/t55-/m0/s1. The number of hydrogen-bond acceptors (Lipinski definition) is 6. The lowest BCUT2D eigenvalue weighted by Crippen LogP contribution is -2.30. The van der Waals surface area contributed by atoms with Gasteiger partial charge in [0.05, 0.1) is 0 Å². The summed E-state index contributed by atoms with van der Waals surface area (Å²) >= 11 is 0. The number of rotatable bonds is 52. The van der Waals surface area contributed by atoms with Crippen LogP contribution in [0.15, 0.2) is 0 Å². The summed E-state index contributed by atoms with van der Waals surface area (Å²) in [5.41, 5.74) is 0. The fraction of sp³-hybridized carbons (Fsp3) is 0.948. The van der Waals surface area contributed by atoms with Crippen LogP contribution in [0.2, 0.25) is 0 Å². The number of unbranched alkanes of at least 4 members (excludes halogenated alkanes) is 37. The summed E-state index contributed by atoms with van der Waals surface area (Å²) < 4.78 is 16.9. The Kier molecular flexibility index (Phi) is 49.6. The summed E-state index contributed by atoms with van der Waals surface area (Å²) in [5, 5.41) is 0. The molecule has 380 valence electrons. The van der Waals surface area contributed by atoms with Crippen LogP contribution in [0, 0.1) is 11.8 Å². The molecule has 0 heterocycles. The molecule has 0 amide bonds. The maximum atomic E-state index is 12.8. The Balaban J connectivity index is 4.26. The average Bonchev–Trinajstić information content (AvgIpc) is 3.27. The van der Waals surface area contributed by atoms with Crippen LogP contribution < -0.4 is 0 Å². The van der Waals surface area contributed by atoms with Gasteiger partial charge >= 0.3 is 17.9 Å². The summed E-state index contributed by atoms with van der Waals surface area (Å²) in [5.74, 6) is 0.804. The molecule has 0 unspecified atom stereocenters. The first-order valence-electron chi connectivity index (χ1n) is 28.7. The Bertz CT molecular complexity index is 978. The second kappa shape index (κ2) is 50.8. The van der Waals surface area contributed by atoms with Crippen LogP contribution in [0.4, 0.5) is 0 Å². The molecular weight excluding hydrogens is 793 g/mol. The maximum absolute atomic E-state index is 12.8. The van der Waals surface area contributed by atoms with E-state index in [0.717, 1.165) is 69.6 Å². The predicted octanol–water partition coefficient (Wildman–Crippen LogP) is 18.9. The fourth-order valence-corrected chi connectivity index (χ4v) is 8.87. The van der Waals surface area contributed by atoms with Crippen molar-refractivity contribution in [2.45, 2.75) is 330 Å². The Morgan fingerprint density at radius 1 is 0.297 bits per heavy atom. The zero-order valence-electron chi connectivity index (χ0n) is 43.9. The van der Waals surface area contributed by atoms with Crippen molar-refractivity contribution in [3.63, 3.8) is 0 Å². The zero-order chi connectivity index (χ0) is 46.8. The van der Waals surface area contributed by atoms with Crippen LogP contribution in [-0.4, -0.2) is 37.2 Å². The summed E-state index contributed by atoms with van der Waals surface area (Å²) in [4.78, 5) is 38.1. The van der Waals surface area contributed by atoms with Crippen LogP contribution in [0.3, 0.4) is 0 Å². The Morgan fingerprint density at radius 2 is 0.516 bits per heavy atom. The Hall–Kier alpha value is -1.59. The van der Waals surface area contributed by atoms with Gasteiger partial charge in [-0.15, -0.1) is 0 Å². The predicted molar refractivity (Wildman–Crippen MR) is 275 cm³/mol. The molecule has 0 saturated carbocycles. The number of carbonyl (C=O) groups is 3. The molecule has 0 fully saturated rings. The fourth-order valence-electron chi connectivity index (χ4n) is 8.87. The molecule has 0 aliphatic rings. The van der Waals surface area contributed by atoms with Gasteiger partial charge in [0.15, 0.2) is 6.10 Å². The summed E-state index contributed by atoms with van der Waals surface area (Å²) in [7, 11) is 0. The quantitative estimate of drug-likeness (QED) is 0.0344. The van der Waals surface area contributed by atoms with Crippen molar-refractivity contribution in [3.05, 3.63) is 0 Å². The van der Waals surface area contributed by atoms with Gasteiger partial charge in [-0.3, -0.25) is 14.4 Å². The van der Waals surface area contributed by atoms with Crippen LogP contribution >= 0.6 is 0 Å². The minimum Gasteiger partial charge on any atom is -0.462 e. The van der Waals surface area contributed by atoms with E-state index >= 15 is 0 Å². The number of ether oxygens (including phenoxy) is 3. The van der Waals surface area contributed by atoms with E-state index in [1.807, 2.05) is 0 Å². The molecule has 6 heteroatoms. The van der Waals surface area contributed by atoms with Gasteiger partial charge < -0.3 is 14.2 Å². The lowest BCUT2D eigenvalue weighted by atomic mass is 10.0. The Labute approximate surface area is 399 Å². The molecule has 0 radical (unpaired) electrons. The van der Waals surface area contributed by atoms with E-state index in [-0.39, 0.29) is 31.1 Å². The van der Waals surface area contributed by atoms with E-state index in [4.69, 9.17) is 14.2 Å². The monoisotopic (exact) mass is 905 g/mol. The highest BCUT2D eigenvalue weighted by atomic mass is 16.6. The van der Waals surface area contributed by atoms with Crippen LogP contribution in [0.5, 0.6) is 0 Å². The van der Waals surface area contributed by atoms with Crippen molar-refractivity contribution in [2.24, 2.45) is 11.8 Å². The lowest BCUT2D eigenvalue weighted by molar-refractivity contribution is -0.167. The lowest BCUT2D eigenvalue weighted by Gasteiger charge is -2.18. The van der Waals surface area contributed by atoms with Crippen molar-refractivity contribution in [3.8, 4) is 0 Å². The molecule has 0 rings (SSSR count). The van der Waals surface area contributed by atoms with Crippen molar-refractivity contribution >= 4 is 17.9 Å². The van der Waals surface area contributed by atoms with E-state index in [9.17, 15) is 14.4 Å². The third kappa shape index (κ3) is 51.4. The van der Waals surface area contributed by atoms with Crippen molar-refractivity contribution < 1.29 is 28.6 Å². The molecule has 0 N–H and O–H groups in total. The molecule has 1 atom stereocenters. The minimum atomic E-state index is -0.763. The second-order valence-electron chi connectivity index (χ2n) is 20.9. The van der Waals surface area contributed by atoms with Crippen molar-refractivity contribution in [1.82, 2.24) is 0 Å². The van der Waals surface area contributed by atoms with E-state index in [1.54, 1.807) is 0 Å². The highest BCUT2D eigenvalue weighted by Crippen LogP contribution is 2.18. The van der Waals surface area contributed by atoms with Crippen molar-refractivity contribution in [1.29, 1.82) is 0 Å². The third-order valence-electron chi connectivity index (χ3n) is 13.2. The molecule has 0 aliphatic heterocycles. The third-order valence-corrected chi connectivity index (χ3v) is 13.2. The highest BCUT2D eigenvalue weighted by Gasteiger charge is 2.19. The molecule has 6 nitrogen and oxygen atoms in total. The first kappa shape index (κ1) is 62.4. The topological polar surface area (TPSA) is 78.9 Å². The first-order chi connectivity index (χ1) is 31.2. The molecule has 0 aliphatic carbocycles. The average molecular weight is 906 g/mol. The van der Waals surface area contributed by atoms with Gasteiger partial charge in [0.1, 0.15) is 13.2 Å². The maximum Gasteiger partial charge on any atom is 0.306 e. The van der Waals surface area contributed by atoms with E-state index in [0.29, 0.717) is 19.3 Å². The van der Waals surface area contributed by atoms with Gasteiger partial charge in [-0.05, 0) is 31.1 Å². The zero-order valence-corrected chi connectivity index (χ0v) is 43.9. The van der Waals surface area contributed by atoms with Crippen molar-refractivity contribution in [2.75, 3.05) is 13.2 Å². The van der Waals surface area contributed by atoms with Gasteiger partial charge in [0, 0.05) is 19.3 Å². The van der Waals surface area contributed by atoms with E-state index < -0.39 is 6.10 Å². The summed E-state index contributed by atoms with van der Waals surface area (Å²) in [6, 6.07) is 0. The highest BCUT2D eigenvalue weighted by molar-refractivity contribution is 5.71. The Morgan fingerprint density at radius 3 is 0.766 bits per heavy atom. The number of esters is 3. The van der Waals surface area contributed by atoms with Gasteiger partial charge in [0.2, 0.25) is 0 Å². The van der Waals surface area contributed by atoms with Gasteiger partial charge in [-0.25, -0.2) is 0 Å². The molecule has 0 bridgehead atoms. The van der Waals surface area contributed by atoms with E-state index in [2.05, 4.69) is 34.6 Å². The second-order valence-corrected chi connectivity index (χ2v) is 20.9. The molecule has 0 saturated heterocycles. The SMILES string of the molecule is CCCCCCCCCCCCCCCCCCCCC(=O)OC[C@@H](COC(=O)CCCCCCCCCCCCCCCC(C)C)OC(=O)CCCCCCCCCCCC(C)C. The summed E-state index contributed by atoms with van der Waals surface area (Å²) in [6.45, 7) is 11.4. The van der Waals surface area contributed by atoms with Crippen LogP contribution in [0.25, 0.3) is 0 Å². The van der Waals surface area contributed by atoms with Gasteiger partial charge in [0.25, 0.3) is 0 Å². The molecule has 0 spiro atoms.